The average Bonchev–Trinajstić information content (AvgIpc) is 3.26. The van der Waals surface area contributed by atoms with Crippen molar-refractivity contribution in [3.8, 4) is 0 Å². The Balaban J connectivity index is 1.44. The minimum absolute atomic E-state index is 0.540. The molecule has 0 radical (unpaired) electrons. The molecule has 1 saturated carbocycles. The van der Waals surface area contributed by atoms with Gasteiger partial charge in [-0.25, -0.2) is 0 Å². The summed E-state index contributed by atoms with van der Waals surface area (Å²) in [6.07, 6.45) is 3.64. The van der Waals surface area contributed by atoms with Gasteiger partial charge in [-0.1, -0.05) is 35.0 Å². The molecule has 5 heteroatoms. The van der Waals surface area contributed by atoms with Gasteiger partial charge in [-0.05, 0) is 49.8 Å². The molecule has 1 aromatic rings. The number of piperidine rings is 1. The summed E-state index contributed by atoms with van der Waals surface area (Å²) >= 11 is 3.50. The molecule has 3 rings (SSSR count). The van der Waals surface area contributed by atoms with E-state index in [2.05, 4.69) is 74.6 Å². The van der Waals surface area contributed by atoms with Crippen LogP contribution in [0.15, 0.2) is 33.7 Å². The maximum atomic E-state index is 4.60. The van der Waals surface area contributed by atoms with Crippen molar-refractivity contribution in [2.45, 2.75) is 51.7 Å². The fourth-order valence-corrected chi connectivity index (χ4v) is 3.53. The maximum absolute atomic E-state index is 4.60. The van der Waals surface area contributed by atoms with Gasteiger partial charge in [0.15, 0.2) is 5.96 Å². The average molecular weight is 393 g/mol. The molecule has 0 spiro atoms. The second-order valence-electron chi connectivity index (χ2n) is 7.11. The van der Waals surface area contributed by atoms with E-state index in [0.717, 1.165) is 42.5 Å². The quantitative estimate of drug-likeness (QED) is 0.595. The highest BCUT2D eigenvalue weighted by Crippen LogP contribution is 2.28. The summed E-state index contributed by atoms with van der Waals surface area (Å²) in [6, 6.07) is 9.84. The van der Waals surface area contributed by atoms with E-state index in [0.29, 0.717) is 12.1 Å². The first kappa shape index (κ1) is 17.7. The van der Waals surface area contributed by atoms with Crippen LogP contribution in [0.4, 0.5) is 0 Å². The second kappa shape index (κ2) is 8.34. The normalized spacial score (nSPS) is 25.5. The molecule has 0 amide bonds. The van der Waals surface area contributed by atoms with Crippen LogP contribution in [-0.2, 0) is 6.54 Å². The van der Waals surface area contributed by atoms with Crippen molar-refractivity contribution < 1.29 is 0 Å². The number of halogens is 1. The molecular formula is C19H29BrN4. The third-order valence-electron chi connectivity index (χ3n) is 5.00. The Morgan fingerprint density at radius 2 is 1.88 bits per heavy atom. The molecule has 2 atom stereocenters. The van der Waals surface area contributed by atoms with Crippen molar-refractivity contribution in [1.82, 2.24) is 15.5 Å². The molecule has 2 N–H and O–H groups in total. The van der Waals surface area contributed by atoms with Crippen molar-refractivity contribution >= 4 is 21.9 Å². The largest absolute Gasteiger partial charge is 0.354 e. The Morgan fingerprint density at radius 3 is 2.46 bits per heavy atom. The lowest BCUT2D eigenvalue weighted by Gasteiger charge is -2.33. The highest BCUT2D eigenvalue weighted by Gasteiger charge is 2.33. The number of hydrogen-bond donors (Lipinski definition) is 2. The van der Waals surface area contributed by atoms with Gasteiger partial charge in [-0.2, -0.15) is 0 Å². The van der Waals surface area contributed by atoms with Crippen LogP contribution in [0.2, 0.25) is 0 Å². The van der Waals surface area contributed by atoms with Crippen molar-refractivity contribution in [3.05, 3.63) is 34.3 Å². The molecule has 1 heterocycles. The summed E-state index contributed by atoms with van der Waals surface area (Å²) < 4.78 is 1.15. The topological polar surface area (TPSA) is 39.7 Å². The Morgan fingerprint density at radius 1 is 1.21 bits per heavy atom. The highest BCUT2D eigenvalue weighted by atomic mass is 79.9. The second-order valence-corrected chi connectivity index (χ2v) is 8.02. The number of guanidine groups is 1. The molecule has 4 nitrogen and oxygen atoms in total. The van der Waals surface area contributed by atoms with Crippen LogP contribution in [-0.4, -0.2) is 42.6 Å². The van der Waals surface area contributed by atoms with Crippen molar-refractivity contribution in [3.63, 3.8) is 0 Å². The van der Waals surface area contributed by atoms with Gasteiger partial charge >= 0.3 is 0 Å². The third kappa shape index (κ3) is 5.21. The molecule has 1 aliphatic carbocycles. The van der Waals surface area contributed by atoms with E-state index >= 15 is 0 Å². The molecule has 24 heavy (non-hydrogen) atoms. The first-order valence-corrected chi connectivity index (χ1v) is 9.97. The van der Waals surface area contributed by atoms with Crippen molar-refractivity contribution in [2.75, 3.05) is 19.6 Å². The summed E-state index contributed by atoms with van der Waals surface area (Å²) in [5.41, 5.74) is 1.39. The fraction of sp³-hybridized carbons (Fsp3) is 0.632. The zero-order valence-corrected chi connectivity index (χ0v) is 16.3. The predicted molar refractivity (Wildman–Crippen MR) is 104 cm³/mol. The fourth-order valence-electron chi connectivity index (χ4n) is 3.27. The molecule has 0 aromatic heterocycles. The number of aliphatic imine (C=N–C) groups is 1. The molecule has 2 aliphatic rings. The molecular weight excluding hydrogens is 364 g/mol. The maximum Gasteiger partial charge on any atom is 0.191 e. The molecule has 0 bridgehead atoms. The van der Waals surface area contributed by atoms with E-state index < -0.39 is 0 Å². The van der Waals surface area contributed by atoms with Gasteiger partial charge in [-0.15, -0.1) is 0 Å². The van der Waals surface area contributed by atoms with Gasteiger partial charge in [0.2, 0.25) is 0 Å². The molecule has 1 saturated heterocycles. The lowest BCUT2D eigenvalue weighted by atomic mass is 10.0. The minimum Gasteiger partial charge on any atom is -0.354 e. The van der Waals surface area contributed by atoms with Gasteiger partial charge in [0.25, 0.3) is 0 Å². The summed E-state index contributed by atoms with van der Waals surface area (Å²) in [4.78, 5) is 7.15. The standard InChI is InChI=1S/C19H29BrN4/c1-3-21-19(23-18-12-14(18)2)22-17-8-10-24(11-9-17)13-15-4-6-16(20)7-5-15/h4-7,14,17-18H,3,8-13H2,1-2H3,(H2,21,22,23). The Hall–Kier alpha value is -1.07. The van der Waals surface area contributed by atoms with Crippen LogP contribution in [0.25, 0.3) is 0 Å². The van der Waals surface area contributed by atoms with Crippen LogP contribution in [0.3, 0.4) is 0 Å². The van der Waals surface area contributed by atoms with E-state index in [1.54, 1.807) is 0 Å². The lowest BCUT2D eigenvalue weighted by Crippen LogP contribution is -2.49. The van der Waals surface area contributed by atoms with Crippen molar-refractivity contribution in [2.24, 2.45) is 10.9 Å². The molecule has 1 aromatic carbocycles. The molecule has 1 aliphatic heterocycles. The lowest BCUT2D eigenvalue weighted by molar-refractivity contribution is 0.198. The SMILES string of the molecule is CCN=C(NC1CCN(Cc2ccc(Br)cc2)CC1)NC1CC1C. The number of rotatable bonds is 5. The number of likely N-dealkylation sites (tertiary alicyclic amines) is 1. The first-order valence-electron chi connectivity index (χ1n) is 9.18. The van der Waals surface area contributed by atoms with Crippen LogP contribution in [0.1, 0.15) is 38.7 Å². The van der Waals surface area contributed by atoms with Gasteiger partial charge in [0.05, 0.1) is 0 Å². The van der Waals surface area contributed by atoms with E-state index in [1.165, 1.54) is 24.8 Å². The zero-order valence-electron chi connectivity index (χ0n) is 14.8. The highest BCUT2D eigenvalue weighted by molar-refractivity contribution is 9.10. The van der Waals surface area contributed by atoms with Crippen LogP contribution in [0, 0.1) is 5.92 Å². The summed E-state index contributed by atoms with van der Waals surface area (Å²) in [5, 5.41) is 7.21. The van der Waals surface area contributed by atoms with Crippen LogP contribution in [0.5, 0.6) is 0 Å². The summed E-state index contributed by atoms with van der Waals surface area (Å²) in [6.45, 7) is 8.56. The molecule has 2 unspecified atom stereocenters. The molecule has 2 fully saturated rings. The monoisotopic (exact) mass is 392 g/mol. The summed E-state index contributed by atoms with van der Waals surface area (Å²) in [7, 11) is 0. The van der Waals surface area contributed by atoms with Crippen molar-refractivity contribution in [1.29, 1.82) is 0 Å². The first-order chi connectivity index (χ1) is 11.6. The zero-order chi connectivity index (χ0) is 16.9. The Bertz CT molecular complexity index is 549. The van der Waals surface area contributed by atoms with E-state index in [9.17, 15) is 0 Å². The van der Waals surface area contributed by atoms with E-state index in [4.69, 9.17) is 0 Å². The van der Waals surface area contributed by atoms with Crippen LogP contribution < -0.4 is 10.6 Å². The predicted octanol–water partition coefficient (Wildman–Crippen LogP) is 3.38. The molecule has 132 valence electrons. The smallest absolute Gasteiger partial charge is 0.191 e. The number of benzene rings is 1. The number of nitrogens with zero attached hydrogens (tertiary/aromatic N) is 2. The van der Waals surface area contributed by atoms with Gasteiger partial charge < -0.3 is 10.6 Å². The number of nitrogens with one attached hydrogen (secondary N) is 2. The van der Waals surface area contributed by atoms with E-state index in [1.807, 2.05) is 0 Å². The van der Waals surface area contributed by atoms with Gasteiger partial charge in [0.1, 0.15) is 0 Å². The van der Waals surface area contributed by atoms with Gasteiger partial charge in [0, 0.05) is 42.7 Å². The summed E-state index contributed by atoms with van der Waals surface area (Å²) in [5.74, 6) is 1.81. The third-order valence-corrected chi connectivity index (χ3v) is 5.52. The van der Waals surface area contributed by atoms with Crippen LogP contribution >= 0.6 is 15.9 Å². The van der Waals surface area contributed by atoms with E-state index in [-0.39, 0.29) is 0 Å². The number of hydrogen-bond acceptors (Lipinski definition) is 2. The Labute approximate surface area is 154 Å². The minimum atomic E-state index is 0.540. The Kier molecular flexibility index (Phi) is 6.17. The van der Waals surface area contributed by atoms with Gasteiger partial charge in [-0.3, -0.25) is 9.89 Å².